The molecule has 0 aromatic heterocycles. The van der Waals surface area contributed by atoms with E-state index in [1.54, 1.807) is 0 Å². The van der Waals surface area contributed by atoms with Crippen molar-refractivity contribution in [2.45, 2.75) is 33.4 Å². The molecule has 1 N–H and O–H groups in total. The molecule has 0 fully saturated rings. The maximum Gasteiger partial charge on any atom is 0.193 e. The predicted molar refractivity (Wildman–Crippen MR) is 136 cm³/mol. The van der Waals surface area contributed by atoms with Crippen molar-refractivity contribution in [2.75, 3.05) is 6.54 Å². The molecule has 0 amide bonds. The average molecular weight is 457 g/mol. The first kappa shape index (κ1) is 22.7. The van der Waals surface area contributed by atoms with E-state index in [9.17, 15) is 4.79 Å². The number of Topliss-reactive ketones (excluding diaryl/α,β-unsaturated/α-hetero) is 1. The number of benzene rings is 3. The summed E-state index contributed by atoms with van der Waals surface area (Å²) < 4.78 is 6.07. The lowest BCUT2D eigenvalue weighted by atomic mass is 9.89. The minimum atomic E-state index is -0.351. The number of hydrogen-bond acceptors (Lipinski definition) is 3. The van der Waals surface area contributed by atoms with Gasteiger partial charge < -0.3 is 15.0 Å². The number of aryl methyl sites for hydroxylation is 1. The maximum atomic E-state index is 13.6. The molecule has 0 bridgehead atoms. The van der Waals surface area contributed by atoms with E-state index < -0.39 is 0 Å². The molecule has 3 aromatic rings. The number of nitrogens with zero attached hydrogens (tertiary/aromatic N) is 1. The van der Waals surface area contributed by atoms with E-state index in [4.69, 9.17) is 17.0 Å². The summed E-state index contributed by atoms with van der Waals surface area (Å²) in [4.78, 5) is 15.6. The van der Waals surface area contributed by atoms with Gasteiger partial charge in [-0.2, -0.15) is 0 Å². The number of carbonyl (C=O) groups excluding carboxylic acids is 1. The van der Waals surface area contributed by atoms with Crippen LogP contribution in [0.1, 0.15) is 46.9 Å². The van der Waals surface area contributed by atoms with E-state index >= 15 is 0 Å². The first-order valence-corrected chi connectivity index (χ1v) is 11.6. The summed E-state index contributed by atoms with van der Waals surface area (Å²) in [6, 6.07) is 25.2. The highest BCUT2D eigenvalue weighted by Gasteiger charge is 2.33. The van der Waals surface area contributed by atoms with Crippen LogP contribution in [0.25, 0.3) is 0 Å². The van der Waals surface area contributed by atoms with Gasteiger partial charge in [-0.3, -0.25) is 4.79 Å². The van der Waals surface area contributed by atoms with Crippen molar-refractivity contribution >= 4 is 23.1 Å². The fourth-order valence-electron chi connectivity index (χ4n) is 4.09. The van der Waals surface area contributed by atoms with Gasteiger partial charge >= 0.3 is 0 Å². The highest BCUT2D eigenvalue weighted by Crippen LogP contribution is 2.34. The summed E-state index contributed by atoms with van der Waals surface area (Å²) in [5.41, 5.74) is 5.51. The molecule has 0 saturated heterocycles. The lowest BCUT2D eigenvalue weighted by Crippen LogP contribution is -2.47. The quantitative estimate of drug-likeness (QED) is 0.350. The van der Waals surface area contributed by atoms with Crippen LogP contribution in [0.4, 0.5) is 0 Å². The van der Waals surface area contributed by atoms with Crippen LogP contribution in [-0.4, -0.2) is 22.3 Å². The van der Waals surface area contributed by atoms with Gasteiger partial charge in [0.15, 0.2) is 10.9 Å². The molecule has 168 valence electrons. The average Bonchev–Trinajstić information content (AvgIpc) is 2.84. The number of allylic oxidation sites excluding steroid dienone is 1. The second-order valence-corrected chi connectivity index (χ2v) is 8.55. The molecule has 3 aromatic carbocycles. The molecule has 1 unspecified atom stereocenters. The Morgan fingerprint density at radius 2 is 1.73 bits per heavy atom. The van der Waals surface area contributed by atoms with Crippen molar-refractivity contribution in [3.63, 3.8) is 0 Å². The minimum Gasteiger partial charge on any atom is -0.489 e. The van der Waals surface area contributed by atoms with Crippen LogP contribution in [0.15, 0.2) is 90.1 Å². The third kappa shape index (κ3) is 4.99. The summed E-state index contributed by atoms with van der Waals surface area (Å²) in [5.74, 6) is 0.750. The van der Waals surface area contributed by atoms with E-state index in [0.717, 1.165) is 22.6 Å². The first-order valence-electron chi connectivity index (χ1n) is 11.1. The number of nitrogens with one attached hydrogen (secondary N) is 1. The normalized spacial score (nSPS) is 15.9. The standard InChI is InChI=1S/C28H28N2O2S/c1-4-30-20(3)25(27(31)22-9-6-5-7-10-22)26(29-28(30)33)23-11-8-12-24(17-23)32-18-21-15-13-19(2)14-16-21/h5-17,26H,4,18H2,1-3H3,(H,29,33). The Labute approximate surface area is 200 Å². The minimum absolute atomic E-state index is 0.00229. The highest BCUT2D eigenvalue weighted by molar-refractivity contribution is 7.80. The fraction of sp³-hybridized carbons (Fsp3) is 0.214. The Morgan fingerprint density at radius 3 is 2.42 bits per heavy atom. The molecule has 1 atom stereocenters. The fourth-order valence-corrected chi connectivity index (χ4v) is 4.47. The number of ketones is 1. The SMILES string of the molecule is CCN1C(=S)NC(c2cccc(OCc3ccc(C)cc3)c2)C(C(=O)c2ccccc2)=C1C. The monoisotopic (exact) mass is 456 g/mol. The Bertz CT molecular complexity index is 1190. The van der Waals surface area contributed by atoms with Crippen molar-refractivity contribution in [2.24, 2.45) is 0 Å². The molecule has 0 aliphatic carbocycles. The third-order valence-corrected chi connectivity index (χ3v) is 6.25. The van der Waals surface area contributed by atoms with E-state index in [1.807, 2.05) is 73.3 Å². The van der Waals surface area contributed by atoms with Gasteiger partial charge in [-0.1, -0.05) is 72.3 Å². The second kappa shape index (κ2) is 10.0. The smallest absolute Gasteiger partial charge is 0.193 e. The van der Waals surface area contributed by atoms with Crippen molar-refractivity contribution < 1.29 is 9.53 Å². The van der Waals surface area contributed by atoms with Crippen LogP contribution >= 0.6 is 12.2 Å². The molecule has 5 heteroatoms. The number of carbonyl (C=O) groups is 1. The number of rotatable bonds is 7. The molecular weight excluding hydrogens is 428 g/mol. The van der Waals surface area contributed by atoms with Crippen LogP contribution < -0.4 is 10.1 Å². The van der Waals surface area contributed by atoms with Crippen molar-refractivity contribution in [3.05, 3.63) is 112 Å². The number of ether oxygens (including phenoxy) is 1. The molecule has 4 rings (SSSR count). The summed E-state index contributed by atoms with van der Waals surface area (Å²) in [6.45, 7) is 7.24. The van der Waals surface area contributed by atoms with Crippen LogP contribution in [0, 0.1) is 6.92 Å². The molecule has 4 nitrogen and oxygen atoms in total. The van der Waals surface area contributed by atoms with Gasteiger partial charge in [-0.05, 0) is 56.2 Å². The lowest BCUT2D eigenvalue weighted by Gasteiger charge is -2.37. The zero-order valence-electron chi connectivity index (χ0n) is 19.2. The van der Waals surface area contributed by atoms with Crippen LogP contribution in [0.2, 0.25) is 0 Å². The van der Waals surface area contributed by atoms with Crippen molar-refractivity contribution in [1.82, 2.24) is 10.2 Å². The van der Waals surface area contributed by atoms with Gasteiger partial charge in [-0.25, -0.2) is 0 Å². The number of thiocarbonyl (C=S) groups is 1. The summed E-state index contributed by atoms with van der Waals surface area (Å²) >= 11 is 5.63. The van der Waals surface area contributed by atoms with Gasteiger partial charge in [0, 0.05) is 23.4 Å². The highest BCUT2D eigenvalue weighted by atomic mass is 32.1. The van der Waals surface area contributed by atoms with E-state index in [-0.39, 0.29) is 11.8 Å². The van der Waals surface area contributed by atoms with E-state index in [0.29, 0.717) is 29.4 Å². The Morgan fingerprint density at radius 1 is 1.00 bits per heavy atom. The zero-order chi connectivity index (χ0) is 23.4. The first-order chi connectivity index (χ1) is 16.0. The molecule has 33 heavy (non-hydrogen) atoms. The van der Waals surface area contributed by atoms with Crippen molar-refractivity contribution in [3.8, 4) is 5.75 Å². The maximum absolute atomic E-state index is 13.6. The van der Waals surface area contributed by atoms with E-state index in [1.165, 1.54) is 5.56 Å². The number of hydrogen-bond donors (Lipinski definition) is 1. The summed E-state index contributed by atoms with van der Waals surface area (Å²) in [6.07, 6.45) is 0. The lowest BCUT2D eigenvalue weighted by molar-refractivity contribution is 0.102. The van der Waals surface area contributed by atoms with Gasteiger partial charge in [-0.15, -0.1) is 0 Å². The van der Waals surface area contributed by atoms with E-state index in [2.05, 4.69) is 36.5 Å². The third-order valence-electron chi connectivity index (χ3n) is 5.91. The van der Waals surface area contributed by atoms with Crippen LogP contribution in [0.3, 0.4) is 0 Å². The van der Waals surface area contributed by atoms with Gasteiger partial charge in [0.05, 0.1) is 6.04 Å². The topological polar surface area (TPSA) is 41.6 Å². The summed E-state index contributed by atoms with van der Waals surface area (Å²) in [5, 5.41) is 4.02. The zero-order valence-corrected chi connectivity index (χ0v) is 20.0. The molecule has 1 heterocycles. The van der Waals surface area contributed by atoms with Gasteiger partial charge in [0.1, 0.15) is 12.4 Å². The van der Waals surface area contributed by atoms with Gasteiger partial charge in [0.2, 0.25) is 0 Å². The van der Waals surface area contributed by atoms with Gasteiger partial charge in [0.25, 0.3) is 0 Å². The Balaban J connectivity index is 1.66. The Hall–Kier alpha value is -3.44. The molecule has 1 aliphatic heterocycles. The molecule has 0 spiro atoms. The molecule has 1 aliphatic rings. The van der Waals surface area contributed by atoms with Crippen LogP contribution in [-0.2, 0) is 6.61 Å². The predicted octanol–water partition coefficient (Wildman–Crippen LogP) is 5.98. The summed E-state index contributed by atoms with van der Waals surface area (Å²) in [7, 11) is 0. The van der Waals surface area contributed by atoms with Crippen molar-refractivity contribution in [1.29, 1.82) is 0 Å². The van der Waals surface area contributed by atoms with Crippen LogP contribution in [0.5, 0.6) is 5.75 Å². The molecular formula is C28H28N2O2S. The second-order valence-electron chi connectivity index (χ2n) is 8.17. The molecule has 0 saturated carbocycles. The largest absolute Gasteiger partial charge is 0.489 e. The Kier molecular flexibility index (Phi) is 6.90. The molecule has 0 radical (unpaired) electrons.